The van der Waals surface area contributed by atoms with Crippen LogP contribution in [0.4, 0.5) is 11.4 Å². The third kappa shape index (κ3) is 5.42. The van der Waals surface area contributed by atoms with Crippen molar-refractivity contribution in [1.82, 2.24) is 0 Å². The predicted molar refractivity (Wildman–Crippen MR) is 93.4 cm³/mol. The largest absolute Gasteiger partial charge is 0.494 e. The van der Waals surface area contributed by atoms with Gasteiger partial charge in [-0.2, -0.15) is 11.3 Å². The molecule has 2 aromatic rings. The zero-order valence-corrected chi connectivity index (χ0v) is 14.2. The highest BCUT2D eigenvalue weighted by atomic mass is 32.2. The molecule has 0 spiro atoms. The van der Waals surface area contributed by atoms with Crippen LogP contribution < -0.4 is 14.8 Å². The van der Waals surface area contributed by atoms with E-state index in [0.717, 1.165) is 11.8 Å². The van der Waals surface area contributed by atoms with Gasteiger partial charge in [0.2, 0.25) is 15.9 Å². The molecule has 0 bridgehead atoms. The molecule has 0 aliphatic carbocycles. The van der Waals surface area contributed by atoms with Gasteiger partial charge in [0.05, 0.1) is 19.1 Å². The smallest absolute Gasteiger partial charge is 0.248 e. The second-order valence-electron chi connectivity index (χ2n) is 4.67. The molecule has 0 aliphatic heterocycles. The number of rotatable bonds is 6. The Hall–Kier alpha value is -2.32. The van der Waals surface area contributed by atoms with E-state index in [1.807, 2.05) is 16.8 Å². The first kappa shape index (κ1) is 17.0. The summed E-state index contributed by atoms with van der Waals surface area (Å²) in [5.41, 5.74) is 1.76. The minimum Gasteiger partial charge on any atom is -0.494 e. The number of ether oxygens (including phenoxy) is 1. The maximum Gasteiger partial charge on any atom is 0.248 e. The average Bonchev–Trinajstić information content (AvgIpc) is 2.98. The van der Waals surface area contributed by atoms with Gasteiger partial charge < -0.3 is 10.1 Å². The Kier molecular flexibility index (Phi) is 5.41. The summed E-state index contributed by atoms with van der Waals surface area (Å²) in [6.07, 6.45) is 4.19. The Morgan fingerprint density at radius 1 is 1.30 bits per heavy atom. The van der Waals surface area contributed by atoms with Crippen molar-refractivity contribution in [2.45, 2.75) is 0 Å². The highest BCUT2D eigenvalue weighted by Gasteiger charge is 2.09. The molecule has 1 amide bonds. The number of methoxy groups -OCH3 is 1. The average molecular weight is 352 g/mol. The van der Waals surface area contributed by atoms with Crippen LogP contribution in [0.1, 0.15) is 5.56 Å². The molecule has 1 heterocycles. The Labute approximate surface area is 138 Å². The van der Waals surface area contributed by atoms with E-state index in [0.29, 0.717) is 17.1 Å². The number of nitrogens with one attached hydrogen (secondary N) is 2. The van der Waals surface area contributed by atoms with Gasteiger partial charge >= 0.3 is 0 Å². The number of amides is 1. The Morgan fingerprint density at radius 2 is 2.09 bits per heavy atom. The molecule has 0 fully saturated rings. The Balaban J connectivity index is 2.10. The van der Waals surface area contributed by atoms with Gasteiger partial charge in [-0.15, -0.1) is 0 Å². The van der Waals surface area contributed by atoms with Crippen LogP contribution in [0.5, 0.6) is 5.75 Å². The van der Waals surface area contributed by atoms with Crippen LogP contribution in [0.2, 0.25) is 0 Å². The SMILES string of the molecule is COc1cc(NC(=O)/C=C/c2ccsc2)ccc1NS(C)(=O)=O. The summed E-state index contributed by atoms with van der Waals surface area (Å²) >= 11 is 1.55. The van der Waals surface area contributed by atoms with Crippen LogP contribution in [0.15, 0.2) is 41.1 Å². The summed E-state index contributed by atoms with van der Waals surface area (Å²) in [5, 5.41) is 6.55. The maximum absolute atomic E-state index is 11.9. The molecule has 6 nitrogen and oxygen atoms in total. The van der Waals surface area contributed by atoms with E-state index in [9.17, 15) is 13.2 Å². The van der Waals surface area contributed by atoms with Gasteiger partial charge in [-0.1, -0.05) is 0 Å². The molecule has 23 heavy (non-hydrogen) atoms. The van der Waals surface area contributed by atoms with E-state index in [-0.39, 0.29) is 5.91 Å². The quantitative estimate of drug-likeness (QED) is 0.783. The van der Waals surface area contributed by atoms with E-state index in [2.05, 4.69) is 10.0 Å². The fourth-order valence-corrected chi connectivity index (χ4v) is 2.98. The highest BCUT2D eigenvalue weighted by Crippen LogP contribution is 2.28. The monoisotopic (exact) mass is 352 g/mol. The maximum atomic E-state index is 11.9. The molecular formula is C15H16N2O4S2. The molecule has 0 saturated carbocycles. The van der Waals surface area contributed by atoms with Crippen LogP contribution in [0.3, 0.4) is 0 Å². The number of carbonyl (C=O) groups is 1. The lowest BCUT2D eigenvalue weighted by Gasteiger charge is -2.11. The summed E-state index contributed by atoms with van der Waals surface area (Å²) in [6.45, 7) is 0. The van der Waals surface area contributed by atoms with Crippen molar-refractivity contribution in [3.63, 3.8) is 0 Å². The molecule has 8 heteroatoms. The van der Waals surface area contributed by atoms with Gasteiger partial charge in [0.1, 0.15) is 5.75 Å². The third-order valence-electron chi connectivity index (χ3n) is 2.73. The molecule has 0 saturated heterocycles. The van der Waals surface area contributed by atoms with Crippen molar-refractivity contribution in [3.05, 3.63) is 46.7 Å². The fourth-order valence-electron chi connectivity index (χ4n) is 1.78. The second-order valence-corrected chi connectivity index (χ2v) is 7.20. The van der Waals surface area contributed by atoms with Gasteiger partial charge in [0.25, 0.3) is 0 Å². The second kappa shape index (κ2) is 7.30. The number of benzene rings is 1. The van der Waals surface area contributed by atoms with Crippen molar-refractivity contribution in [3.8, 4) is 5.75 Å². The summed E-state index contributed by atoms with van der Waals surface area (Å²) in [4.78, 5) is 11.9. The molecule has 2 N–H and O–H groups in total. The lowest BCUT2D eigenvalue weighted by Crippen LogP contribution is -2.11. The molecule has 1 aromatic carbocycles. The molecule has 2 rings (SSSR count). The fraction of sp³-hybridized carbons (Fsp3) is 0.133. The van der Waals surface area contributed by atoms with Crippen LogP contribution in [-0.4, -0.2) is 27.7 Å². The van der Waals surface area contributed by atoms with Crippen LogP contribution >= 0.6 is 11.3 Å². The minimum absolute atomic E-state index is 0.290. The van der Waals surface area contributed by atoms with Crippen LogP contribution in [0, 0.1) is 0 Å². The standard InChI is InChI=1S/C15H16N2O4S2/c1-21-14-9-12(4-5-13(14)17-23(2,19)20)16-15(18)6-3-11-7-8-22-10-11/h3-10,17H,1-2H3,(H,16,18)/b6-3+. The number of thiophene rings is 1. The Morgan fingerprint density at radius 3 is 2.70 bits per heavy atom. The summed E-state index contributed by atoms with van der Waals surface area (Å²) < 4.78 is 30.1. The first-order valence-electron chi connectivity index (χ1n) is 6.54. The van der Waals surface area contributed by atoms with Gasteiger partial charge in [-0.05, 0) is 40.6 Å². The van der Waals surface area contributed by atoms with E-state index >= 15 is 0 Å². The third-order valence-corrected chi connectivity index (χ3v) is 4.03. The number of sulfonamides is 1. The summed E-state index contributed by atoms with van der Waals surface area (Å²) in [5.74, 6) is 0.0251. The van der Waals surface area contributed by atoms with Crippen molar-refractivity contribution in [2.24, 2.45) is 0 Å². The first-order chi connectivity index (χ1) is 10.9. The lowest BCUT2D eigenvalue weighted by atomic mass is 10.2. The van der Waals surface area contributed by atoms with E-state index in [1.54, 1.807) is 29.5 Å². The molecule has 1 aromatic heterocycles. The van der Waals surface area contributed by atoms with Crippen LogP contribution in [-0.2, 0) is 14.8 Å². The van der Waals surface area contributed by atoms with Crippen molar-refractivity contribution >= 4 is 44.7 Å². The van der Waals surface area contributed by atoms with Crippen molar-refractivity contribution < 1.29 is 17.9 Å². The first-order valence-corrected chi connectivity index (χ1v) is 9.38. The molecule has 0 radical (unpaired) electrons. The predicted octanol–water partition coefficient (Wildman–Crippen LogP) is 2.78. The minimum atomic E-state index is -3.41. The van der Waals surface area contributed by atoms with Gasteiger partial charge in [0.15, 0.2) is 0 Å². The van der Waals surface area contributed by atoms with Gasteiger partial charge in [0, 0.05) is 17.8 Å². The Bertz CT molecular complexity index is 812. The van der Waals surface area contributed by atoms with Crippen molar-refractivity contribution in [2.75, 3.05) is 23.4 Å². The van der Waals surface area contributed by atoms with E-state index in [4.69, 9.17) is 4.74 Å². The lowest BCUT2D eigenvalue weighted by molar-refractivity contribution is -0.111. The van der Waals surface area contributed by atoms with E-state index in [1.165, 1.54) is 19.3 Å². The highest BCUT2D eigenvalue weighted by molar-refractivity contribution is 7.92. The summed E-state index contributed by atoms with van der Waals surface area (Å²) in [7, 11) is -1.99. The molecule has 0 unspecified atom stereocenters. The van der Waals surface area contributed by atoms with Crippen molar-refractivity contribution in [1.29, 1.82) is 0 Å². The zero-order chi connectivity index (χ0) is 16.9. The molecular weight excluding hydrogens is 336 g/mol. The molecule has 0 atom stereocenters. The zero-order valence-electron chi connectivity index (χ0n) is 12.6. The number of hydrogen-bond acceptors (Lipinski definition) is 5. The molecule has 122 valence electrons. The molecule has 0 aliphatic rings. The van der Waals surface area contributed by atoms with Gasteiger partial charge in [-0.25, -0.2) is 8.42 Å². The van der Waals surface area contributed by atoms with E-state index < -0.39 is 10.0 Å². The summed E-state index contributed by atoms with van der Waals surface area (Å²) in [6, 6.07) is 6.57. The van der Waals surface area contributed by atoms with Crippen LogP contribution in [0.25, 0.3) is 6.08 Å². The normalized spacial score (nSPS) is 11.4. The number of anilines is 2. The number of carbonyl (C=O) groups excluding carboxylic acids is 1. The number of hydrogen-bond donors (Lipinski definition) is 2. The van der Waals surface area contributed by atoms with Gasteiger partial charge in [-0.3, -0.25) is 9.52 Å². The topological polar surface area (TPSA) is 84.5 Å².